The Morgan fingerprint density at radius 3 is 1.12 bits per heavy atom. The Morgan fingerprint density at radius 2 is 1.12 bits per heavy atom. The Bertz CT molecular complexity index is 36.0. The third kappa shape index (κ3) is 3.94. The van der Waals surface area contributed by atoms with Gasteiger partial charge in [-0.25, -0.2) is 4.90 Å². The largest absolute Gasteiger partial charge is 0.381 e. The van der Waals surface area contributed by atoms with Crippen molar-refractivity contribution in [3.63, 3.8) is 0 Å². The van der Waals surface area contributed by atoms with Gasteiger partial charge in [-0.1, -0.05) is 0 Å². The molecule has 5 heteroatoms. The van der Waals surface area contributed by atoms with E-state index in [0.29, 0.717) is 0 Å². The number of rotatable bonds is 3. The number of hydrogen-bond donors (Lipinski definition) is 3. The fourth-order valence-electron chi connectivity index (χ4n) is 0.134. The molecule has 0 aliphatic carbocycles. The molecule has 0 spiro atoms. The topological polar surface area (TPSA) is 63.9 Å². The summed E-state index contributed by atoms with van der Waals surface area (Å²) in [5.41, 5.74) is 0. The number of hydrogen-bond acceptors (Lipinski definition) is 4. The first-order chi connectivity index (χ1) is 3.35. The Balaban J connectivity index is 0. The van der Waals surface area contributed by atoms with Gasteiger partial charge in [0.25, 0.3) is 0 Å². The molecule has 0 bridgehead atoms. The fourth-order valence-corrected chi connectivity index (χ4v) is 0.134. The van der Waals surface area contributed by atoms with Gasteiger partial charge < -0.3 is 15.3 Å². The van der Waals surface area contributed by atoms with Crippen molar-refractivity contribution in [2.45, 2.75) is 0 Å². The van der Waals surface area contributed by atoms with E-state index in [9.17, 15) is 0 Å². The quantitative estimate of drug-likeness (QED) is 0.395. The number of halogens is 1. The van der Waals surface area contributed by atoms with Crippen LogP contribution >= 0.6 is 0 Å². The lowest BCUT2D eigenvalue weighted by atomic mass is 10.9. The zero-order chi connectivity index (χ0) is 5.70. The van der Waals surface area contributed by atoms with Gasteiger partial charge in [-0.15, -0.1) is 0 Å². The van der Waals surface area contributed by atoms with Crippen molar-refractivity contribution < 1.29 is 20.0 Å². The summed E-state index contributed by atoms with van der Waals surface area (Å²) in [6.45, 7) is -0.938. The van der Waals surface area contributed by atoms with Crippen LogP contribution < -0.4 is 0 Å². The van der Waals surface area contributed by atoms with Gasteiger partial charge in [0.15, 0.2) is 0 Å². The standard InChI is InChI=1S/C3H9NO3.FH/c5-1-4(2-6)3-7;/h5-7H,1-3H2;1H. The molecule has 0 aromatic heterocycles. The minimum absolute atomic E-state index is 0. The second kappa shape index (κ2) is 6.77. The minimum atomic E-state index is -0.312. The lowest BCUT2D eigenvalue weighted by Crippen LogP contribution is -2.26. The maximum Gasteiger partial charge on any atom is 0.0993 e. The Labute approximate surface area is 46.3 Å². The molecule has 0 rings (SSSR count). The van der Waals surface area contributed by atoms with E-state index < -0.39 is 0 Å². The minimum Gasteiger partial charge on any atom is -0.381 e. The molecule has 0 saturated carbocycles. The van der Waals surface area contributed by atoms with Crippen LogP contribution in [0, 0.1) is 0 Å². The predicted molar refractivity (Wildman–Crippen MR) is 25.6 cm³/mol. The van der Waals surface area contributed by atoms with Gasteiger partial charge in [0.2, 0.25) is 0 Å². The van der Waals surface area contributed by atoms with Gasteiger partial charge in [-0.2, -0.15) is 0 Å². The highest BCUT2D eigenvalue weighted by Gasteiger charge is 1.93. The first kappa shape index (κ1) is 10.7. The highest BCUT2D eigenvalue weighted by Crippen LogP contribution is 1.75. The van der Waals surface area contributed by atoms with Crippen LogP contribution in [0.3, 0.4) is 0 Å². The van der Waals surface area contributed by atoms with E-state index in [0.717, 1.165) is 4.90 Å². The zero-order valence-corrected chi connectivity index (χ0v) is 4.32. The molecule has 0 fully saturated rings. The average molecular weight is 127 g/mol. The van der Waals surface area contributed by atoms with Crippen molar-refractivity contribution in [2.75, 3.05) is 20.2 Å². The molecule has 52 valence electrons. The molecule has 0 unspecified atom stereocenters. The van der Waals surface area contributed by atoms with Crippen LogP contribution in [0.1, 0.15) is 0 Å². The Kier molecular flexibility index (Phi) is 9.05. The number of aliphatic hydroxyl groups excluding tert-OH is 3. The van der Waals surface area contributed by atoms with E-state index in [1.165, 1.54) is 0 Å². The summed E-state index contributed by atoms with van der Waals surface area (Å²) in [7, 11) is 0. The van der Waals surface area contributed by atoms with Crippen LogP contribution in [-0.4, -0.2) is 40.4 Å². The lowest BCUT2D eigenvalue weighted by molar-refractivity contribution is -0.0268. The average Bonchev–Trinajstić information content (AvgIpc) is 1.72. The van der Waals surface area contributed by atoms with E-state index in [4.69, 9.17) is 15.3 Å². The summed E-state index contributed by atoms with van der Waals surface area (Å²) in [6.07, 6.45) is 0. The SMILES string of the molecule is F.OCN(CO)CO. The van der Waals surface area contributed by atoms with E-state index in [2.05, 4.69) is 0 Å². The predicted octanol–water partition coefficient (Wildman–Crippen LogP) is -1.71. The van der Waals surface area contributed by atoms with Crippen molar-refractivity contribution in [3.8, 4) is 0 Å². The summed E-state index contributed by atoms with van der Waals surface area (Å²) in [5.74, 6) is 0. The smallest absolute Gasteiger partial charge is 0.0993 e. The molecule has 0 amide bonds. The van der Waals surface area contributed by atoms with E-state index in [-0.39, 0.29) is 24.9 Å². The van der Waals surface area contributed by atoms with Gasteiger partial charge in [-0.3, -0.25) is 4.70 Å². The normalized spacial score (nSPS) is 9.00. The molecular weight excluding hydrogens is 117 g/mol. The molecule has 3 N–H and O–H groups in total. The summed E-state index contributed by atoms with van der Waals surface area (Å²) in [5, 5.41) is 24.4. The van der Waals surface area contributed by atoms with Crippen LogP contribution in [0.25, 0.3) is 0 Å². The third-order valence-corrected chi connectivity index (χ3v) is 0.600. The maximum absolute atomic E-state index is 8.13. The van der Waals surface area contributed by atoms with Gasteiger partial charge in [-0.05, 0) is 0 Å². The molecule has 0 atom stereocenters. The highest BCUT2D eigenvalue weighted by molar-refractivity contribution is 4.28. The second-order valence-corrected chi connectivity index (χ2v) is 1.10. The molecule has 0 aliphatic rings. The molecule has 0 aromatic rings. The molecular formula is C3H10FNO3. The maximum atomic E-state index is 8.13. The molecule has 0 saturated heterocycles. The molecule has 4 nitrogen and oxygen atoms in total. The zero-order valence-electron chi connectivity index (χ0n) is 4.32. The van der Waals surface area contributed by atoms with E-state index in [1.54, 1.807) is 0 Å². The van der Waals surface area contributed by atoms with Crippen molar-refractivity contribution in [1.82, 2.24) is 4.90 Å². The van der Waals surface area contributed by atoms with Crippen molar-refractivity contribution >= 4 is 0 Å². The van der Waals surface area contributed by atoms with E-state index in [1.807, 2.05) is 0 Å². The lowest BCUT2D eigenvalue weighted by Gasteiger charge is -2.09. The van der Waals surface area contributed by atoms with Crippen molar-refractivity contribution in [3.05, 3.63) is 0 Å². The Morgan fingerprint density at radius 1 is 0.875 bits per heavy atom. The molecule has 8 heavy (non-hydrogen) atoms. The molecule has 0 heterocycles. The highest BCUT2D eigenvalue weighted by atomic mass is 19.0. The van der Waals surface area contributed by atoms with Gasteiger partial charge in [0, 0.05) is 0 Å². The van der Waals surface area contributed by atoms with Crippen molar-refractivity contribution in [1.29, 1.82) is 0 Å². The van der Waals surface area contributed by atoms with Gasteiger partial charge in [0.05, 0.1) is 20.2 Å². The first-order valence-electron chi connectivity index (χ1n) is 1.90. The summed E-state index contributed by atoms with van der Waals surface area (Å²) in [4.78, 5) is 1.04. The summed E-state index contributed by atoms with van der Waals surface area (Å²) < 4.78 is 0. The summed E-state index contributed by atoms with van der Waals surface area (Å²) >= 11 is 0. The van der Waals surface area contributed by atoms with Crippen LogP contribution in [-0.2, 0) is 0 Å². The molecule has 0 aliphatic heterocycles. The third-order valence-electron chi connectivity index (χ3n) is 0.600. The van der Waals surface area contributed by atoms with Crippen LogP contribution in [0.4, 0.5) is 4.70 Å². The van der Waals surface area contributed by atoms with Crippen LogP contribution in [0.5, 0.6) is 0 Å². The van der Waals surface area contributed by atoms with Gasteiger partial charge >= 0.3 is 0 Å². The summed E-state index contributed by atoms with van der Waals surface area (Å²) in [6, 6.07) is 0. The van der Waals surface area contributed by atoms with Gasteiger partial charge in [0.1, 0.15) is 0 Å². The van der Waals surface area contributed by atoms with Crippen LogP contribution in [0.15, 0.2) is 0 Å². The molecule has 0 aromatic carbocycles. The second-order valence-electron chi connectivity index (χ2n) is 1.10. The Hall–Kier alpha value is -0.230. The number of aliphatic hydroxyl groups is 3. The fraction of sp³-hybridized carbons (Fsp3) is 1.00. The number of nitrogens with zero attached hydrogens (tertiary/aromatic N) is 1. The van der Waals surface area contributed by atoms with E-state index >= 15 is 0 Å². The van der Waals surface area contributed by atoms with Crippen molar-refractivity contribution in [2.24, 2.45) is 0 Å². The molecule has 0 radical (unpaired) electrons. The first-order valence-corrected chi connectivity index (χ1v) is 1.90. The monoisotopic (exact) mass is 127 g/mol. The van der Waals surface area contributed by atoms with Crippen LogP contribution in [0.2, 0.25) is 0 Å².